The van der Waals surface area contributed by atoms with Gasteiger partial charge in [0.2, 0.25) is 0 Å². The molecule has 0 aromatic heterocycles. The predicted molar refractivity (Wildman–Crippen MR) is 55.4 cm³/mol. The molecule has 80 valence electrons. The lowest BCUT2D eigenvalue weighted by Gasteiger charge is -2.11. The van der Waals surface area contributed by atoms with Crippen molar-refractivity contribution in [3.8, 4) is 0 Å². The van der Waals surface area contributed by atoms with Gasteiger partial charge in [-0.05, 0) is 23.8 Å². The van der Waals surface area contributed by atoms with Crippen molar-refractivity contribution in [1.29, 1.82) is 0 Å². The maximum absolute atomic E-state index is 10.6. The average molecular weight is 206 g/mol. The number of primary amides is 1. The smallest absolute Gasteiger partial charge is 0.338 e. The first-order chi connectivity index (χ1) is 7.18. The molecule has 3 N–H and O–H groups in total. The number of benzene rings is 1. The van der Waals surface area contributed by atoms with Gasteiger partial charge in [-0.15, -0.1) is 0 Å². The lowest BCUT2D eigenvalue weighted by molar-refractivity contribution is -0.0431. The molecule has 2 amide bonds. The average Bonchev–Trinajstić information content (AvgIpc) is 2.98. The molecule has 0 aliphatic heterocycles. The van der Waals surface area contributed by atoms with Gasteiger partial charge in [0.05, 0.1) is 6.54 Å². The Labute approximate surface area is 88.3 Å². The number of hydrogen-bond donors (Lipinski definition) is 2. The van der Waals surface area contributed by atoms with Crippen molar-refractivity contribution in [3.05, 3.63) is 35.9 Å². The second kappa shape index (κ2) is 3.90. The lowest BCUT2D eigenvalue weighted by Crippen LogP contribution is -2.34. The molecule has 4 heteroatoms. The summed E-state index contributed by atoms with van der Waals surface area (Å²) in [4.78, 5) is 10.6. The number of nitrogens with zero attached hydrogens (tertiary/aromatic N) is 1. The largest absolute Gasteiger partial charge is 0.350 e. The van der Waals surface area contributed by atoms with Crippen molar-refractivity contribution >= 4 is 6.03 Å². The number of amides is 2. The van der Waals surface area contributed by atoms with Crippen LogP contribution in [0, 0.1) is 5.92 Å². The van der Waals surface area contributed by atoms with Crippen LogP contribution >= 0.6 is 0 Å². The predicted octanol–water partition coefficient (Wildman–Crippen LogP) is 1.56. The van der Waals surface area contributed by atoms with Gasteiger partial charge < -0.3 is 5.73 Å². The Morgan fingerprint density at radius 3 is 2.73 bits per heavy atom. The van der Waals surface area contributed by atoms with E-state index in [0.717, 1.165) is 6.42 Å². The maximum Gasteiger partial charge on any atom is 0.338 e. The normalized spacial score (nSPS) is 23.5. The molecular formula is C11H14N2O2. The molecule has 1 aliphatic rings. The number of nitrogens with two attached hydrogens (primary N) is 1. The van der Waals surface area contributed by atoms with E-state index in [-0.39, 0.29) is 0 Å². The van der Waals surface area contributed by atoms with Crippen molar-refractivity contribution < 1.29 is 10.0 Å². The van der Waals surface area contributed by atoms with E-state index in [0.29, 0.717) is 23.4 Å². The summed E-state index contributed by atoms with van der Waals surface area (Å²) in [7, 11) is 0. The molecule has 1 saturated carbocycles. The third-order valence-electron chi connectivity index (χ3n) is 2.81. The number of hydrogen-bond acceptors (Lipinski definition) is 2. The number of hydroxylamine groups is 2. The minimum atomic E-state index is -0.784. The van der Waals surface area contributed by atoms with E-state index < -0.39 is 6.03 Å². The zero-order valence-electron chi connectivity index (χ0n) is 8.34. The van der Waals surface area contributed by atoms with Crippen LogP contribution in [-0.2, 0) is 0 Å². The first kappa shape index (κ1) is 9.98. The number of urea groups is 1. The second-order valence-electron chi connectivity index (χ2n) is 3.93. The van der Waals surface area contributed by atoms with Crippen LogP contribution < -0.4 is 5.73 Å². The van der Waals surface area contributed by atoms with Crippen LogP contribution in [0.1, 0.15) is 17.9 Å². The molecule has 4 nitrogen and oxygen atoms in total. The Bertz CT molecular complexity index is 353. The summed E-state index contributed by atoms with van der Waals surface area (Å²) >= 11 is 0. The van der Waals surface area contributed by atoms with Gasteiger partial charge in [-0.2, -0.15) is 0 Å². The quantitative estimate of drug-likeness (QED) is 0.582. The summed E-state index contributed by atoms with van der Waals surface area (Å²) in [5, 5.41) is 9.75. The molecule has 15 heavy (non-hydrogen) atoms. The summed E-state index contributed by atoms with van der Waals surface area (Å²) in [5.74, 6) is 0.796. The molecule has 0 heterocycles. The van der Waals surface area contributed by atoms with Gasteiger partial charge in [0, 0.05) is 0 Å². The first-order valence-electron chi connectivity index (χ1n) is 4.99. The first-order valence-corrected chi connectivity index (χ1v) is 4.99. The highest BCUT2D eigenvalue weighted by Gasteiger charge is 2.39. The minimum absolute atomic E-state index is 0.328. The Morgan fingerprint density at radius 1 is 1.47 bits per heavy atom. The van der Waals surface area contributed by atoms with Gasteiger partial charge in [0.15, 0.2) is 0 Å². The van der Waals surface area contributed by atoms with Gasteiger partial charge >= 0.3 is 6.03 Å². The Morgan fingerprint density at radius 2 is 2.13 bits per heavy atom. The molecule has 0 saturated heterocycles. The third-order valence-corrected chi connectivity index (χ3v) is 2.81. The third kappa shape index (κ3) is 2.27. The van der Waals surface area contributed by atoms with Gasteiger partial charge in [0.1, 0.15) is 0 Å². The molecule has 2 rings (SSSR count). The number of rotatable bonds is 3. The van der Waals surface area contributed by atoms with Crippen LogP contribution in [0.25, 0.3) is 0 Å². The van der Waals surface area contributed by atoms with Crippen LogP contribution in [0.3, 0.4) is 0 Å². The van der Waals surface area contributed by atoms with E-state index in [1.165, 1.54) is 5.56 Å². The molecule has 0 bridgehead atoms. The summed E-state index contributed by atoms with van der Waals surface area (Å²) in [6.07, 6.45) is 1.01. The summed E-state index contributed by atoms with van der Waals surface area (Å²) in [6.45, 7) is 0.328. The van der Waals surface area contributed by atoms with E-state index in [1.807, 2.05) is 18.2 Å². The molecule has 0 spiro atoms. The maximum atomic E-state index is 10.6. The molecule has 1 aromatic rings. The van der Waals surface area contributed by atoms with Gasteiger partial charge in [-0.25, -0.2) is 9.86 Å². The Hall–Kier alpha value is -1.55. The van der Waals surface area contributed by atoms with Crippen molar-refractivity contribution in [2.24, 2.45) is 11.7 Å². The number of carbonyl (C=O) groups is 1. The molecule has 1 fully saturated rings. The van der Waals surface area contributed by atoms with Gasteiger partial charge in [0.25, 0.3) is 0 Å². The van der Waals surface area contributed by atoms with Crippen LogP contribution in [0.2, 0.25) is 0 Å². The summed E-state index contributed by atoms with van der Waals surface area (Å²) in [6, 6.07) is 9.31. The Kier molecular flexibility index (Phi) is 2.60. The molecule has 2 atom stereocenters. The van der Waals surface area contributed by atoms with E-state index in [1.54, 1.807) is 0 Å². The van der Waals surface area contributed by atoms with E-state index in [9.17, 15) is 4.79 Å². The fourth-order valence-electron chi connectivity index (χ4n) is 1.87. The molecule has 1 aliphatic carbocycles. The zero-order valence-corrected chi connectivity index (χ0v) is 8.34. The highest BCUT2D eigenvalue weighted by Crippen LogP contribution is 2.47. The van der Waals surface area contributed by atoms with Crippen molar-refractivity contribution in [3.63, 3.8) is 0 Å². The highest BCUT2D eigenvalue weighted by molar-refractivity contribution is 5.70. The minimum Gasteiger partial charge on any atom is -0.350 e. The Balaban J connectivity index is 1.89. The van der Waals surface area contributed by atoms with Crippen molar-refractivity contribution in [2.75, 3.05) is 6.54 Å². The van der Waals surface area contributed by atoms with E-state index >= 15 is 0 Å². The topological polar surface area (TPSA) is 66.6 Å². The molecular weight excluding hydrogens is 192 g/mol. The highest BCUT2D eigenvalue weighted by atomic mass is 16.5. The fraction of sp³-hybridized carbons (Fsp3) is 0.364. The van der Waals surface area contributed by atoms with Gasteiger partial charge in [-0.1, -0.05) is 30.3 Å². The molecule has 1 aromatic carbocycles. The van der Waals surface area contributed by atoms with Crippen LogP contribution in [-0.4, -0.2) is 22.8 Å². The van der Waals surface area contributed by atoms with Crippen molar-refractivity contribution in [1.82, 2.24) is 5.06 Å². The van der Waals surface area contributed by atoms with Crippen LogP contribution in [0.4, 0.5) is 4.79 Å². The summed E-state index contributed by atoms with van der Waals surface area (Å²) < 4.78 is 0. The monoisotopic (exact) mass is 206 g/mol. The van der Waals surface area contributed by atoms with Gasteiger partial charge in [-0.3, -0.25) is 5.21 Å². The van der Waals surface area contributed by atoms with Crippen LogP contribution in [0.15, 0.2) is 30.3 Å². The fourth-order valence-corrected chi connectivity index (χ4v) is 1.87. The molecule has 0 unspecified atom stereocenters. The van der Waals surface area contributed by atoms with Crippen LogP contribution in [0.5, 0.6) is 0 Å². The number of carbonyl (C=O) groups excluding carboxylic acids is 1. The standard InChI is InChI=1S/C11H14N2O2/c12-11(14)13(15)7-9-6-10(9)8-4-2-1-3-5-8/h1-5,9-10,15H,6-7H2,(H2,12,14)/t9-,10-/m1/s1. The molecule has 0 radical (unpaired) electrons. The SMILES string of the molecule is NC(=O)N(O)C[C@H]1C[C@@H]1c1ccccc1. The lowest BCUT2D eigenvalue weighted by atomic mass is 10.1. The van der Waals surface area contributed by atoms with E-state index in [2.05, 4.69) is 12.1 Å². The summed E-state index contributed by atoms with van der Waals surface area (Å²) in [5.41, 5.74) is 6.20. The zero-order chi connectivity index (χ0) is 10.8. The van der Waals surface area contributed by atoms with E-state index in [4.69, 9.17) is 10.9 Å². The van der Waals surface area contributed by atoms with Crippen molar-refractivity contribution in [2.45, 2.75) is 12.3 Å². The second-order valence-corrected chi connectivity index (χ2v) is 3.93.